The zero-order valence-electron chi connectivity index (χ0n) is 16.7. The molecule has 0 aromatic heterocycles. The number of hydrogen-bond donors (Lipinski definition) is 2. The second-order valence-corrected chi connectivity index (χ2v) is 8.77. The molecule has 2 atom stereocenters. The van der Waals surface area contributed by atoms with Gasteiger partial charge in [0, 0.05) is 12.5 Å². The summed E-state index contributed by atoms with van der Waals surface area (Å²) in [5, 5.41) is 12.4. The number of carboxylic acid groups (broad SMARTS) is 1. The van der Waals surface area contributed by atoms with Crippen molar-refractivity contribution >= 4 is 12.1 Å². The minimum atomic E-state index is -0.804. The standard InChI is InChI=1S/C24H25NO5/c26-21(27)23-10-5-11-24(13-23,30-15-23)14-25-22(28)29-12-20-18-8-3-1-6-16(18)17-7-2-4-9-19(17)20/h1-4,6-9,20H,5,10-15H2,(H,25,28)(H,26,27). The molecule has 6 nitrogen and oxygen atoms in total. The molecule has 3 aliphatic rings. The number of amides is 1. The molecule has 0 radical (unpaired) electrons. The first-order chi connectivity index (χ1) is 14.5. The molecule has 2 aromatic rings. The average molecular weight is 407 g/mol. The summed E-state index contributed by atoms with van der Waals surface area (Å²) < 4.78 is 11.5. The van der Waals surface area contributed by atoms with Crippen molar-refractivity contribution in [1.29, 1.82) is 0 Å². The highest BCUT2D eigenvalue weighted by Gasteiger charge is 2.56. The van der Waals surface area contributed by atoms with Crippen molar-refractivity contribution in [2.45, 2.75) is 37.2 Å². The summed E-state index contributed by atoms with van der Waals surface area (Å²) in [5.74, 6) is -0.788. The van der Waals surface area contributed by atoms with Crippen LogP contribution in [0.15, 0.2) is 48.5 Å². The quantitative estimate of drug-likeness (QED) is 0.784. The fraction of sp³-hybridized carbons (Fsp3) is 0.417. The third-order valence-corrected chi connectivity index (χ3v) is 6.96. The topological polar surface area (TPSA) is 84.9 Å². The highest BCUT2D eigenvalue weighted by molar-refractivity contribution is 5.79. The number of carboxylic acids is 1. The Bertz CT molecular complexity index is 959. The van der Waals surface area contributed by atoms with Crippen molar-refractivity contribution in [3.05, 3.63) is 59.7 Å². The Morgan fingerprint density at radius 3 is 2.40 bits per heavy atom. The number of carbonyl (C=O) groups excluding carboxylic acids is 1. The van der Waals surface area contributed by atoms with Crippen LogP contribution in [0.5, 0.6) is 0 Å². The number of nitrogens with one attached hydrogen (secondary N) is 1. The Kier molecular flexibility index (Phi) is 4.54. The van der Waals surface area contributed by atoms with Crippen LogP contribution in [0.1, 0.15) is 42.7 Å². The van der Waals surface area contributed by atoms with Gasteiger partial charge in [-0.25, -0.2) is 4.79 Å². The van der Waals surface area contributed by atoms with E-state index in [9.17, 15) is 14.7 Å². The van der Waals surface area contributed by atoms with Crippen LogP contribution < -0.4 is 5.32 Å². The van der Waals surface area contributed by atoms with Crippen LogP contribution >= 0.6 is 0 Å². The van der Waals surface area contributed by atoms with Gasteiger partial charge in [0.15, 0.2) is 0 Å². The van der Waals surface area contributed by atoms with E-state index < -0.39 is 23.1 Å². The Morgan fingerprint density at radius 1 is 1.07 bits per heavy atom. The Balaban J connectivity index is 1.22. The maximum atomic E-state index is 12.4. The van der Waals surface area contributed by atoms with E-state index in [0.29, 0.717) is 12.8 Å². The molecule has 0 spiro atoms. The summed E-state index contributed by atoms with van der Waals surface area (Å²) in [6.07, 6.45) is 2.13. The summed E-state index contributed by atoms with van der Waals surface area (Å²) in [6, 6.07) is 16.4. The van der Waals surface area contributed by atoms with E-state index in [1.807, 2.05) is 24.3 Å². The predicted octanol–water partition coefficient (Wildman–Crippen LogP) is 3.94. The van der Waals surface area contributed by atoms with Crippen molar-refractivity contribution in [3.63, 3.8) is 0 Å². The number of carbonyl (C=O) groups is 2. The molecule has 6 heteroatoms. The summed E-state index contributed by atoms with van der Waals surface area (Å²) in [7, 11) is 0. The molecule has 2 aliphatic carbocycles. The highest BCUT2D eigenvalue weighted by atomic mass is 16.6. The van der Waals surface area contributed by atoms with Crippen LogP contribution in [0.2, 0.25) is 0 Å². The van der Waals surface area contributed by atoms with Crippen LogP contribution in [0.25, 0.3) is 11.1 Å². The molecule has 1 amide bonds. The Hall–Kier alpha value is -2.86. The maximum absolute atomic E-state index is 12.4. The van der Waals surface area contributed by atoms with Gasteiger partial charge < -0.3 is 19.9 Å². The molecule has 1 saturated heterocycles. The fourth-order valence-electron chi connectivity index (χ4n) is 5.41. The largest absolute Gasteiger partial charge is 0.481 e. The Labute approximate surface area is 175 Å². The lowest BCUT2D eigenvalue weighted by Crippen LogP contribution is -2.46. The number of alkyl carbamates (subject to hydrolysis) is 1. The molecule has 30 heavy (non-hydrogen) atoms. The van der Waals surface area contributed by atoms with E-state index >= 15 is 0 Å². The lowest BCUT2D eigenvalue weighted by atomic mass is 9.70. The molecular formula is C24H25NO5. The van der Waals surface area contributed by atoms with Crippen molar-refractivity contribution in [1.82, 2.24) is 5.32 Å². The van der Waals surface area contributed by atoms with Crippen molar-refractivity contribution < 1.29 is 24.2 Å². The average Bonchev–Trinajstić information content (AvgIpc) is 3.23. The second-order valence-electron chi connectivity index (χ2n) is 8.77. The number of fused-ring (bicyclic) bond motifs is 5. The van der Waals surface area contributed by atoms with Gasteiger partial charge in [0.2, 0.25) is 0 Å². The van der Waals surface area contributed by atoms with Crippen LogP contribution in [-0.2, 0) is 14.3 Å². The fourth-order valence-corrected chi connectivity index (χ4v) is 5.41. The summed E-state index contributed by atoms with van der Waals surface area (Å²) >= 11 is 0. The third-order valence-electron chi connectivity index (χ3n) is 6.96. The van der Waals surface area contributed by atoms with E-state index in [2.05, 4.69) is 29.6 Å². The minimum absolute atomic E-state index is 0.0124. The van der Waals surface area contributed by atoms with E-state index in [4.69, 9.17) is 9.47 Å². The molecule has 2 aromatic carbocycles. The minimum Gasteiger partial charge on any atom is -0.481 e. The SMILES string of the molecule is O=C(NCC12CCCC(C(=O)O)(CO1)C2)OCC1c2ccccc2-c2ccccc21. The summed E-state index contributed by atoms with van der Waals surface area (Å²) in [4.78, 5) is 24.1. The highest BCUT2D eigenvalue weighted by Crippen LogP contribution is 2.50. The summed E-state index contributed by atoms with van der Waals surface area (Å²) in [6.45, 7) is 0.750. The van der Waals surface area contributed by atoms with Crippen molar-refractivity contribution in [2.24, 2.45) is 5.41 Å². The van der Waals surface area contributed by atoms with Gasteiger partial charge in [-0.15, -0.1) is 0 Å². The molecule has 1 saturated carbocycles. The van der Waals surface area contributed by atoms with E-state index in [1.165, 1.54) is 22.3 Å². The van der Waals surface area contributed by atoms with Crippen molar-refractivity contribution in [3.8, 4) is 11.1 Å². The molecule has 1 aliphatic heterocycles. The second kappa shape index (κ2) is 7.13. The van der Waals surface area contributed by atoms with E-state index in [-0.39, 0.29) is 25.7 Å². The van der Waals surface area contributed by atoms with Gasteiger partial charge in [-0.1, -0.05) is 48.5 Å². The first-order valence-electron chi connectivity index (χ1n) is 10.5. The first kappa shape index (κ1) is 19.1. The van der Waals surface area contributed by atoms with Gasteiger partial charge in [0.1, 0.15) is 6.61 Å². The maximum Gasteiger partial charge on any atom is 0.407 e. The monoisotopic (exact) mass is 407 g/mol. The lowest BCUT2D eigenvalue weighted by molar-refractivity contribution is -0.149. The van der Waals surface area contributed by atoms with Gasteiger partial charge in [0.25, 0.3) is 0 Å². The molecule has 1 heterocycles. The van der Waals surface area contributed by atoms with Gasteiger partial charge >= 0.3 is 12.1 Å². The zero-order valence-corrected chi connectivity index (χ0v) is 16.7. The smallest absolute Gasteiger partial charge is 0.407 e. The van der Waals surface area contributed by atoms with Gasteiger partial charge in [-0.3, -0.25) is 4.79 Å². The molecule has 2 fully saturated rings. The molecule has 2 bridgehead atoms. The zero-order chi connectivity index (χ0) is 20.8. The Morgan fingerprint density at radius 2 is 1.73 bits per heavy atom. The van der Waals surface area contributed by atoms with Crippen molar-refractivity contribution in [2.75, 3.05) is 19.8 Å². The van der Waals surface area contributed by atoms with Gasteiger partial charge in [0.05, 0.1) is 17.6 Å². The van der Waals surface area contributed by atoms with Crippen LogP contribution in [0, 0.1) is 5.41 Å². The first-order valence-corrected chi connectivity index (χ1v) is 10.5. The van der Waals surface area contributed by atoms with Crippen LogP contribution in [0.4, 0.5) is 4.79 Å². The molecule has 156 valence electrons. The van der Waals surface area contributed by atoms with E-state index in [1.54, 1.807) is 0 Å². The molecule has 5 rings (SSSR count). The normalized spacial score (nSPS) is 26.7. The van der Waals surface area contributed by atoms with E-state index in [0.717, 1.165) is 12.8 Å². The van der Waals surface area contributed by atoms with Gasteiger partial charge in [-0.05, 0) is 47.9 Å². The van der Waals surface area contributed by atoms with Gasteiger partial charge in [-0.2, -0.15) is 0 Å². The number of ether oxygens (including phenoxy) is 2. The molecule has 2 unspecified atom stereocenters. The lowest BCUT2D eigenvalue weighted by Gasteiger charge is -2.34. The van der Waals surface area contributed by atoms with Crippen LogP contribution in [0.3, 0.4) is 0 Å². The molecule has 2 N–H and O–H groups in total. The predicted molar refractivity (Wildman–Crippen MR) is 110 cm³/mol. The number of benzene rings is 2. The molecular weight excluding hydrogens is 382 g/mol. The number of rotatable bonds is 5. The third kappa shape index (κ3) is 3.06. The number of aliphatic carboxylic acids is 1. The summed E-state index contributed by atoms with van der Waals surface area (Å²) in [5.41, 5.74) is 3.31. The van der Waals surface area contributed by atoms with Crippen LogP contribution in [-0.4, -0.2) is 42.5 Å². The number of hydrogen-bond acceptors (Lipinski definition) is 4.